The fourth-order valence-corrected chi connectivity index (χ4v) is 4.40. The summed E-state index contributed by atoms with van der Waals surface area (Å²) < 4.78 is 21.3. The van der Waals surface area contributed by atoms with Gasteiger partial charge in [0.1, 0.15) is 5.75 Å². The van der Waals surface area contributed by atoms with Crippen molar-refractivity contribution >= 4 is 56.5 Å². The van der Waals surface area contributed by atoms with Crippen molar-refractivity contribution in [2.24, 2.45) is 4.99 Å². The van der Waals surface area contributed by atoms with Gasteiger partial charge in [0.2, 0.25) is 0 Å². The Hall–Kier alpha value is -2.98. The first-order chi connectivity index (χ1) is 15.9. The molecule has 174 valence electrons. The summed E-state index contributed by atoms with van der Waals surface area (Å²) in [5.41, 5.74) is 1.44. The van der Waals surface area contributed by atoms with Crippen molar-refractivity contribution in [2.45, 2.75) is 6.92 Å². The lowest BCUT2D eigenvalue weighted by molar-refractivity contribution is -0.142. The molecule has 1 aliphatic heterocycles. The lowest BCUT2D eigenvalue weighted by Crippen LogP contribution is -2.28. The minimum atomic E-state index is -0.504. The van der Waals surface area contributed by atoms with Gasteiger partial charge in [-0.25, -0.2) is 9.79 Å². The number of rotatable bonds is 8. The second-order valence-corrected chi connectivity index (χ2v) is 8.51. The molecule has 0 spiro atoms. The zero-order valence-corrected chi connectivity index (χ0v) is 21.0. The molecule has 10 heteroatoms. The van der Waals surface area contributed by atoms with E-state index < -0.39 is 5.97 Å². The van der Waals surface area contributed by atoms with Gasteiger partial charge in [0.05, 0.1) is 31.9 Å². The second kappa shape index (κ2) is 11.2. The Morgan fingerprint density at radius 2 is 1.85 bits per heavy atom. The van der Waals surface area contributed by atoms with Crippen molar-refractivity contribution in [3.8, 4) is 17.2 Å². The molecule has 0 saturated carbocycles. The van der Waals surface area contributed by atoms with Crippen molar-refractivity contribution in [3.63, 3.8) is 0 Å². The van der Waals surface area contributed by atoms with Crippen LogP contribution < -0.4 is 14.2 Å². The molecule has 0 aromatic heterocycles. The SMILES string of the molecule is CCN1C(=O)/C(=C\c2cc(OC)c(OCC(=O)OC)cc2Br)SC1=Nc1ccc(OC)cc1. The summed E-state index contributed by atoms with van der Waals surface area (Å²) in [7, 11) is 4.39. The number of methoxy groups -OCH3 is 3. The van der Waals surface area contributed by atoms with Gasteiger partial charge in [-0.2, -0.15) is 0 Å². The predicted octanol–water partition coefficient (Wildman–Crippen LogP) is 4.64. The van der Waals surface area contributed by atoms with Gasteiger partial charge < -0.3 is 18.9 Å². The normalized spacial score (nSPS) is 15.8. The van der Waals surface area contributed by atoms with Crippen LogP contribution in [0.4, 0.5) is 5.69 Å². The highest BCUT2D eigenvalue weighted by molar-refractivity contribution is 9.10. The number of benzene rings is 2. The van der Waals surface area contributed by atoms with Crippen LogP contribution in [0.15, 0.2) is 50.8 Å². The summed E-state index contributed by atoms with van der Waals surface area (Å²) in [5.74, 6) is 0.894. The van der Waals surface area contributed by atoms with Crippen LogP contribution in [0.5, 0.6) is 17.2 Å². The van der Waals surface area contributed by atoms with E-state index in [0.717, 1.165) is 17.0 Å². The fourth-order valence-electron chi connectivity index (χ4n) is 2.91. The molecule has 3 rings (SSSR count). The van der Waals surface area contributed by atoms with Gasteiger partial charge in [0.15, 0.2) is 23.3 Å². The molecule has 0 radical (unpaired) electrons. The Bertz CT molecular complexity index is 1100. The highest BCUT2D eigenvalue weighted by Crippen LogP contribution is 2.38. The number of halogens is 1. The van der Waals surface area contributed by atoms with Crippen LogP contribution in [0, 0.1) is 0 Å². The van der Waals surface area contributed by atoms with E-state index in [1.165, 1.54) is 26.0 Å². The number of likely N-dealkylation sites (N-methyl/N-ethyl adjacent to an activating group) is 1. The maximum atomic E-state index is 13.0. The summed E-state index contributed by atoms with van der Waals surface area (Å²) in [6, 6.07) is 10.7. The molecule has 1 saturated heterocycles. The molecule has 1 heterocycles. The molecule has 1 aliphatic rings. The Morgan fingerprint density at radius 3 is 2.45 bits per heavy atom. The zero-order valence-electron chi connectivity index (χ0n) is 18.6. The Kier molecular flexibility index (Phi) is 8.40. The summed E-state index contributed by atoms with van der Waals surface area (Å²) in [4.78, 5) is 31.2. The first-order valence-electron chi connectivity index (χ1n) is 9.91. The molecule has 0 unspecified atom stereocenters. The van der Waals surface area contributed by atoms with E-state index in [2.05, 4.69) is 25.7 Å². The van der Waals surface area contributed by atoms with Gasteiger partial charge in [0, 0.05) is 11.0 Å². The van der Waals surface area contributed by atoms with Crippen LogP contribution in [0.1, 0.15) is 12.5 Å². The largest absolute Gasteiger partial charge is 0.497 e. The third-order valence-electron chi connectivity index (χ3n) is 4.64. The third-order valence-corrected chi connectivity index (χ3v) is 6.34. The van der Waals surface area contributed by atoms with Gasteiger partial charge in [-0.1, -0.05) is 15.9 Å². The second-order valence-electron chi connectivity index (χ2n) is 6.64. The van der Waals surface area contributed by atoms with E-state index in [1.807, 2.05) is 31.2 Å². The molecule has 33 heavy (non-hydrogen) atoms. The van der Waals surface area contributed by atoms with Crippen LogP contribution in [-0.4, -0.2) is 56.4 Å². The number of amides is 1. The zero-order chi connectivity index (χ0) is 24.0. The smallest absolute Gasteiger partial charge is 0.343 e. The molecular weight excluding hydrogens is 512 g/mol. The minimum Gasteiger partial charge on any atom is -0.497 e. The molecule has 2 aromatic carbocycles. The number of hydrogen-bond acceptors (Lipinski definition) is 8. The summed E-state index contributed by atoms with van der Waals surface area (Å²) in [6.07, 6.45) is 1.77. The number of aliphatic imine (C=N–C) groups is 1. The molecule has 2 aromatic rings. The van der Waals surface area contributed by atoms with Crippen molar-refractivity contribution in [3.05, 3.63) is 51.3 Å². The number of nitrogens with zero attached hydrogens (tertiary/aromatic N) is 2. The summed E-state index contributed by atoms with van der Waals surface area (Å²) >= 11 is 4.80. The summed E-state index contributed by atoms with van der Waals surface area (Å²) in [6.45, 7) is 2.14. The number of esters is 1. The number of ether oxygens (including phenoxy) is 4. The maximum Gasteiger partial charge on any atom is 0.343 e. The Labute approximate surface area is 204 Å². The predicted molar refractivity (Wildman–Crippen MR) is 131 cm³/mol. The van der Waals surface area contributed by atoms with Crippen LogP contribution >= 0.6 is 27.7 Å². The first-order valence-corrected chi connectivity index (χ1v) is 11.5. The lowest BCUT2D eigenvalue weighted by atomic mass is 10.2. The van der Waals surface area contributed by atoms with E-state index in [1.54, 1.807) is 30.2 Å². The van der Waals surface area contributed by atoms with E-state index in [9.17, 15) is 9.59 Å². The van der Waals surface area contributed by atoms with Gasteiger partial charge in [-0.3, -0.25) is 9.69 Å². The molecule has 0 atom stereocenters. The molecule has 1 fully saturated rings. The van der Waals surface area contributed by atoms with Gasteiger partial charge >= 0.3 is 5.97 Å². The number of carbonyl (C=O) groups excluding carboxylic acids is 2. The summed E-state index contributed by atoms with van der Waals surface area (Å²) in [5, 5.41) is 0.597. The minimum absolute atomic E-state index is 0.133. The highest BCUT2D eigenvalue weighted by Gasteiger charge is 2.32. The number of thioether (sulfide) groups is 1. The quantitative estimate of drug-likeness (QED) is 0.360. The molecule has 0 aliphatic carbocycles. The third kappa shape index (κ3) is 5.88. The van der Waals surface area contributed by atoms with Gasteiger partial charge in [-0.15, -0.1) is 0 Å². The van der Waals surface area contributed by atoms with E-state index >= 15 is 0 Å². The topological polar surface area (TPSA) is 86.7 Å². The van der Waals surface area contributed by atoms with Crippen LogP contribution in [0.2, 0.25) is 0 Å². The number of amidine groups is 1. The van der Waals surface area contributed by atoms with Crippen LogP contribution in [0.3, 0.4) is 0 Å². The van der Waals surface area contributed by atoms with E-state index in [-0.39, 0.29) is 12.5 Å². The van der Waals surface area contributed by atoms with Crippen molar-refractivity contribution < 1.29 is 28.5 Å². The van der Waals surface area contributed by atoms with Crippen molar-refractivity contribution in [1.82, 2.24) is 4.90 Å². The van der Waals surface area contributed by atoms with Crippen LogP contribution in [-0.2, 0) is 14.3 Å². The van der Waals surface area contributed by atoms with Gasteiger partial charge in [-0.05, 0) is 66.7 Å². The molecule has 0 bridgehead atoms. The Morgan fingerprint density at radius 1 is 1.12 bits per heavy atom. The van der Waals surface area contributed by atoms with Crippen molar-refractivity contribution in [1.29, 1.82) is 0 Å². The monoisotopic (exact) mass is 534 g/mol. The lowest BCUT2D eigenvalue weighted by Gasteiger charge is -2.12. The Balaban J connectivity index is 1.89. The van der Waals surface area contributed by atoms with E-state index in [0.29, 0.717) is 32.6 Å². The number of carbonyl (C=O) groups is 2. The average molecular weight is 535 g/mol. The van der Waals surface area contributed by atoms with E-state index in [4.69, 9.17) is 14.2 Å². The molecule has 0 N–H and O–H groups in total. The number of hydrogen-bond donors (Lipinski definition) is 0. The van der Waals surface area contributed by atoms with Crippen LogP contribution in [0.25, 0.3) is 6.08 Å². The maximum absolute atomic E-state index is 13.0. The molecule has 8 nitrogen and oxygen atoms in total. The fraction of sp³-hybridized carbons (Fsp3) is 0.261. The highest BCUT2D eigenvalue weighted by atomic mass is 79.9. The average Bonchev–Trinajstić information content (AvgIpc) is 3.12. The van der Waals surface area contributed by atoms with Gasteiger partial charge in [0.25, 0.3) is 5.91 Å². The molecular formula is C23H23BrN2O6S. The molecule has 1 amide bonds. The van der Waals surface area contributed by atoms with Crippen molar-refractivity contribution in [2.75, 3.05) is 34.5 Å². The standard InChI is InChI=1S/C23H23BrN2O6S/c1-5-26-22(28)20(33-23(26)25-15-6-8-16(29-2)9-7-15)11-14-10-18(30-3)19(12-17(14)24)32-13-21(27)31-4/h6-12H,5,13H2,1-4H3/b20-11+,25-23?. The first kappa shape index (κ1) is 24.7.